The van der Waals surface area contributed by atoms with E-state index in [0.717, 1.165) is 6.20 Å². The van der Waals surface area contributed by atoms with Crippen molar-refractivity contribution < 1.29 is 27.4 Å². The summed E-state index contributed by atoms with van der Waals surface area (Å²) in [6.07, 6.45) is -4.21. The van der Waals surface area contributed by atoms with E-state index in [2.05, 4.69) is 9.72 Å². The molecule has 0 bridgehead atoms. The van der Waals surface area contributed by atoms with Crippen LogP contribution in [0, 0.1) is 3.70 Å². The zero-order chi connectivity index (χ0) is 11.6. The van der Waals surface area contributed by atoms with Crippen LogP contribution in [0.5, 0.6) is 11.5 Å². The maximum absolute atomic E-state index is 12.4. The normalized spacial score (nSPS) is 11.5. The smallest absolute Gasteiger partial charge is 0.503 e. The first-order chi connectivity index (χ1) is 6.85. The lowest BCUT2D eigenvalue weighted by Crippen LogP contribution is -2.18. The summed E-state index contributed by atoms with van der Waals surface area (Å²) in [5, 5.41) is 9.05. The lowest BCUT2D eigenvalue weighted by molar-refractivity contribution is -0.275. The average molecular weight is 337 g/mol. The summed E-state index contributed by atoms with van der Waals surface area (Å²) in [5.41, 5.74) is -0.423. The van der Waals surface area contributed by atoms with Crippen LogP contribution in [0.2, 0.25) is 0 Å². The van der Waals surface area contributed by atoms with Crippen molar-refractivity contribution in [3.63, 3.8) is 0 Å². The molecule has 1 aromatic rings. The molecule has 1 aromatic heterocycles. The van der Waals surface area contributed by atoms with Crippen molar-refractivity contribution in [1.29, 1.82) is 0 Å². The molecular weight excluding hydrogens is 333 g/mol. The minimum absolute atomic E-state index is 0.00662. The van der Waals surface area contributed by atoms with Crippen molar-refractivity contribution in [3.05, 3.63) is 15.5 Å². The molecule has 0 aliphatic rings. The molecule has 1 heterocycles. The van der Waals surface area contributed by atoms with Crippen molar-refractivity contribution in [1.82, 2.24) is 4.98 Å². The third-order valence-corrected chi connectivity index (χ3v) is 2.34. The van der Waals surface area contributed by atoms with Crippen LogP contribution in [-0.2, 0) is 6.67 Å². The predicted octanol–water partition coefficient (Wildman–Crippen LogP) is 2.76. The fraction of sp³-hybridized carbons (Fsp3) is 0.286. The Morgan fingerprint density at radius 1 is 1.47 bits per heavy atom. The van der Waals surface area contributed by atoms with E-state index in [-0.39, 0.29) is 3.70 Å². The molecule has 0 saturated heterocycles. The second-order valence-electron chi connectivity index (χ2n) is 2.42. The van der Waals surface area contributed by atoms with Gasteiger partial charge in [0.25, 0.3) is 0 Å². The SMILES string of the molecule is Oc1cnc(I)c(CF)c1OC(F)(F)F. The van der Waals surface area contributed by atoms with E-state index in [1.165, 1.54) is 0 Å². The molecule has 0 aliphatic heterocycles. The van der Waals surface area contributed by atoms with Crippen molar-refractivity contribution in [2.24, 2.45) is 0 Å². The summed E-state index contributed by atoms with van der Waals surface area (Å²) in [7, 11) is 0. The van der Waals surface area contributed by atoms with E-state index in [9.17, 15) is 17.6 Å². The first-order valence-corrected chi connectivity index (χ1v) is 4.61. The number of hydrogen-bond donors (Lipinski definition) is 1. The summed E-state index contributed by atoms with van der Waals surface area (Å²) in [5.74, 6) is -1.79. The van der Waals surface area contributed by atoms with E-state index < -0.39 is 30.1 Å². The van der Waals surface area contributed by atoms with Gasteiger partial charge < -0.3 is 9.84 Å². The summed E-state index contributed by atoms with van der Waals surface area (Å²) >= 11 is 1.54. The van der Waals surface area contributed by atoms with Crippen molar-refractivity contribution in [3.8, 4) is 11.5 Å². The van der Waals surface area contributed by atoms with Crippen LogP contribution in [0.25, 0.3) is 0 Å². The molecular formula is C7H4F4INO2. The third kappa shape index (κ3) is 3.08. The number of aromatic nitrogens is 1. The topological polar surface area (TPSA) is 42.4 Å². The zero-order valence-electron chi connectivity index (χ0n) is 6.98. The quantitative estimate of drug-likeness (QED) is 0.513. The molecule has 3 nitrogen and oxygen atoms in total. The molecule has 8 heteroatoms. The fourth-order valence-corrected chi connectivity index (χ4v) is 1.38. The second-order valence-corrected chi connectivity index (χ2v) is 3.45. The molecule has 0 spiro atoms. The Bertz CT molecular complexity index is 369. The van der Waals surface area contributed by atoms with E-state index >= 15 is 0 Å². The Kier molecular flexibility index (Phi) is 3.58. The number of pyridine rings is 1. The average Bonchev–Trinajstić information content (AvgIpc) is 2.10. The first-order valence-electron chi connectivity index (χ1n) is 3.53. The van der Waals surface area contributed by atoms with Gasteiger partial charge in [0.1, 0.15) is 10.4 Å². The maximum Gasteiger partial charge on any atom is 0.573 e. The Balaban J connectivity index is 3.20. The molecule has 84 valence electrons. The number of halogens is 5. The van der Waals surface area contributed by atoms with Crippen LogP contribution in [0.15, 0.2) is 6.20 Å². The van der Waals surface area contributed by atoms with E-state index in [1.54, 1.807) is 22.6 Å². The van der Waals surface area contributed by atoms with Gasteiger partial charge in [0, 0.05) is 0 Å². The maximum atomic E-state index is 12.4. The van der Waals surface area contributed by atoms with Gasteiger partial charge in [0.05, 0.1) is 11.8 Å². The number of ether oxygens (including phenoxy) is 1. The monoisotopic (exact) mass is 337 g/mol. The summed E-state index contributed by atoms with van der Waals surface area (Å²) in [6, 6.07) is 0. The Labute approximate surface area is 95.2 Å². The molecule has 15 heavy (non-hydrogen) atoms. The summed E-state index contributed by atoms with van der Waals surface area (Å²) in [4.78, 5) is 3.49. The molecule has 0 fully saturated rings. The second kappa shape index (κ2) is 4.37. The van der Waals surface area contributed by atoms with Gasteiger partial charge in [0.2, 0.25) is 0 Å². The number of alkyl halides is 4. The predicted molar refractivity (Wildman–Crippen MR) is 50.1 cm³/mol. The molecule has 1 N–H and O–H groups in total. The standard InChI is InChI=1S/C7H4F4INO2/c8-1-3-5(15-7(9,10)11)4(14)2-13-6(3)12/h2,14H,1H2. The number of aromatic hydroxyl groups is 1. The van der Waals surface area contributed by atoms with Crippen LogP contribution >= 0.6 is 22.6 Å². The van der Waals surface area contributed by atoms with Crippen LogP contribution in [0.4, 0.5) is 17.6 Å². The van der Waals surface area contributed by atoms with Crippen molar-refractivity contribution >= 4 is 22.6 Å². The van der Waals surface area contributed by atoms with Crippen LogP contribution in [-0.4, -0.2) is 16.5 Å². The van der Waals surface area contributed by atoms with Crippen LogP contribution in [0.3, 0.4) is 0 Å². The molecule has 1 rings (SSSR count). The molecule has 0 radical (unpaired) electrons. The van der Waals surface area contributed by atoms with E-state index in [0.29, 0.717) is 0 Å². The highest BCUT2D eigenvalue weighted by Gasteiger charge is 2.34. The number of rotatable bonds is 2. The minimum Gasteiger partial charge on any atom is -0.503 e. The third-order valence-electron chi connectivity index (χ3n) is 1.41. The summed E-state index contributed by atoms with van der Waals surface area (Å²) in [6.45, 7) is -1.20. The van der Waals surface area contributed by atoms with E-state index in [4.69, 9.17) is 5.11 Å². The highest BCUT2D eigenvalue weighted by Crippen LogP contribution is 2.36. The molecule has 0 aliphatic carbocycles. The van der Waals surface area contributed by atoms with Gasteiger partial charge in [0.15, 0.2) is 11.5 Å². The minimum atomic E-state index is -4.98. The van der Waals surface area contributed by atoms with Crippen LogP contribution in [0.1, 0.15) is 5.56 Å². The lowest BCUT2D eigenvalue weighted by Gasteiger charge is -2.13. The molecule has 0 amide bonds. The number of nitrogens with zero attached hydrogens (tertiary/aromatic N) is 1. The van der Waals surface area contributed by atoms with E-state index in [1.807, 2.05) is 0 Å². The van der Waals surface area contributed by atoms with Crippen molar-refractivity contribution in [2.75, 3.05) is 0 Å². The Morgan fingerprint density at radius 3 is 2.53 bits per heavy atom. The van der Waals surface area contributed by atoms with Gasteiger partial charge in [-0.1, -0.05) is 0 Å². The summed E-state index contributed by atoms with van der Waals surface area (Å²) < 4.78 is 51.6. The zero-order valence-corrected chi connectivity index (χ0v) is 9.13. The Morgan fingerprint density at radius 2 is 2.07 bits per heavy atom. The lowest BCUT2D eigenvalue weighted by atomic mass is 10.2. The van der Waals surface area contributed by atoms with Crippen LogP contribution < -0.4 is 4.74 Å². The van der Waals surface area contributed by atoms with Gasteiger partial charge >= 0.3 is 6.36 Å². The van der Waals surface area contributed by atoms with Gasteiger partial charge in [-0.25, -0.2) is 9.37 Å². The van der Waals surface area contributed by atoms with Gasteiger partial charge in [-0.3, -0.25) is 0 Å². The molecule has 0 saturated carbocycles. The van der Waals surface area contributed by atoms with Crippen molar-refractivity contribution in [2.45, 2.75) is 13.0 Å². The molecule has 0 unspecified atom stereocenters. The fourth-order valence-electron chi connectivity index (χ4n) is 0.848. The highest BCUT2D eigenvalue weighted by atomic mass is 127. The number of hydrogen-bond acceptors (Lipinski definition) is 3. The molecule has 0 aromatic carbocycles. The Hall–Kier alpha value is -0.800. The largest absolute Gasteiger partial charge is 0.573 e. The van der Waals surface area contributed by atoms with Gasteiger partial charge in [-0.05, 0) is 22.6 Å². The van der Waals surface area contributed by atoms with Gasteiger partial charge in [-0.2, -0.15) is 0 Å². The molecule has 0 atom stereocenters. The van der Waals surface area contributed by atoms with Gasteiger partial charge in [-0.15, -0.1) is 13.2 Å². The highest BCUT2D eigenvalue weighted by molar-refractivity contribution is 14.1. The first kappa shape index (κ1) is 12.3.